The van der Waals surface area contributed by atoms with Gasteiger partial charge in [0.15, 0.2) is 0 Å². The smallest absolute Gasteiger partial charge is 0.223 e. The van der Waals surface area contributed by atoms with Crippen molar-refractivity contribution < 1.29 is 28.8 Å². The van der Waals surface area contributed by atoms with Gasteiger partial charge in [-0.25, -0.2) is 0 Å². The lowest BCUT2D eigenvalue weighted by Crippen LogP contribution is -2.33. The molecular formula is C29H41N2O6-. The average molecular weight is 514 g/mol. The lowest BCUT2D eigenvalue weighted by molar-refractivity contribution is -0.260. The molecule has 2 aromatic rings. The van der Waals surface area contributed by atoms with Crippen LogP contribution in [0.4, 0.5) is 0 Å². The highest BCUT2D eigenvalue weighted by atomic mass is 16.6. The number of nitrogens with one attached hydrogen (secondary N) is 1. The number of rotatable bonds is 13. The van der Waals surface area contributed by atoms with Crippen molar-refractivity contribution in [1.29, 1.82) is 0 Å². The zero-order valence-corrected chi connectivity index (χ0v) is 23.1. The van der Waals surface area contributed by atoms with E-state index in [2.05, 4.69) is 10.3 Å². The molecule has 0 aliphatic rings. The second kappa shape index (κ2) is 14.4. The van der Waals surface area contributed by atoms with E-state index < -0.39 is 17.7 Å². The maximum atomic E-state index is 13.2. The Morgan fingerprint density at radius 3 is 2.30 bits per heavy atom. The van der Waals surface area contributed by atoms with Crippen molar-refractivity contribution in [2.24, 2.45) is 10.9 Å². The third-order valence-corrected chi connectivity index (χ3v) is 5.69. The lowest BCUT2D eigenvalue weighted by Gasteiger charge is -2.29. The van der Waals surface area contributed by atoms with E-state index in [1.165, 1.54) is 0 Å². The Morgan fingerprint density at radius 2 is 1.70 bits per heavy atom. The van der Waals surface area contributed by atoms with Gasteiger partial charge < -0.3 is 29.4 Å². The monoisotopic (exact) mass is 513 g/mol. The van der Waals surface area contributed by atoms with Crippen LogP contribution in [0.15, 0.2) is 47.5 Å². The van der Waals surface area contributed by atoms with E-state index in [0.717, 1.165) is 23.3 Å². The molecule has 0 radical (unpaired) electrons. The summed E-state index contributed by atoms with van der Waals surface area (Å²) in [4.78, 5) is 17.2. The fourth-order valence-electron chi connectivity index (χ4n) is 3.76. The minimum atomic E-state index is -0.556. The van der Waals surface area contributed by atoms with Gasteiger partial charge in [-0.05, 0) is 49.6 Å². The van der Waals surface area contributed by atoms with Crippen LogP contribution in [0.2, 0.25) is 0 Å². The number of benzene rings is 2. The summed E-state index contributed by atoms with van der Waals surface area (Å²) >= 11 is 0. The Hall–Kier alpha value is -3.42. The molecule has 1 N–H and O–H groups in total. The number of ether oxygens (including phenoxy) is 4. The van der Waals surface area contributed by atoms with Gasteiger partial charge in [0.25, 0.3) is 0 Å². The molecule has 0 aromatic heterocycles. The molecule has 1 amide bonds. The first-order valence-electron chi connectivity index (χ1n) is 12.7. The van der Waals surface area contributed by atoms with Gasteiger partial charge in [-0.1, -0.05) is 46.2 Å². The first-order valence-corrected chi connectivity index (χ1v) is 12.7. The van der Waals surface area contributed by atoms with Crippen LogP contribution in [0.1, 0.15) is 71.0 Å². The molecule has 0 aliphatic heterocycles. The van der Waals surface area contributed by atoms with Gasteiger partial charge in [-0.3, -0.25) is 9.79 Å². The van der Waals surface area contributed by atoms with Gasteiger partial charge in [0.1, 0.15) is 23.3 Å². The molecule has 0 bridgehead atoms. The first-order chi connectivity index (χ1) is 17.6. The number of amides is 1. The molecule has 0 spiro atoms. The molecule has 2 atom stereocenters. The Bertz CT molecular complexity index is 1010. The third-order valence-electron chi connectivity index (χ3n) is 5.69. The third kappa shape index (κ3) is 9.86. The Kier molecular flexibility index (Phi) is 11.6. The standard InChI is InChI=1S/C29H42N2O6/c1-8-36-22-14-12-21(13-15-22)26(24-17-16-23(34-6)19-25(24)35-7)31-27(32)20(2)11-9-10-18-30-28(33)37-29(3,4)5/h12-17,19-20,26H,8-11,18H2,1-7H3,(H,30,33)(H,31,32)/p-1. The summed E-state index contributed by atoms with van der Waals surface area (Å²) in [5.74, 6) is 1.76. The van der Waals surface area contributed by atoms with E-state index in [1.807, 2.05) is 71.0 Å². The average Bonchev–Trinajstić information content (AvgIpc) is 2.86. The van der Waals surface area contributed by atoms with Crippen LogP contribution in [0.25, 0.3) is 0 Å². The second-order valence-corrected chi connectivity index (χ2v) is 9.81. The zero-order chi connectivity index (χ0) is 27.4. The van der Waals surface area contributed by atoms with E-state index in [4.69, 9.17) is 18.9 Å². The van der Waals surface area contributed by atoms with E-state index in [0.29, 0.717) is 37.5 Å². The maximum Gasteiger partial charge on any atom is 0.223 e. The van der Waals surface area contributed by atoms with Crippen molar-refractivity contribution in [1.82, 2.24) is 5.32 Å². The molecular weight excluding hydrogens is 472 g/mol. The lowest BCUT2D eigenvalue weighted by atomic mass is 9.95. The molecule has 2 aromatic carbocycles. The SMILES string of the molecule is CCOc1ccc(C(NC(=O)C(C)CCCCN=C([O-])OC(C)(C)C)c2ccc(OC)cc2OC)cc1. The Labute approximate surface area is 221 Å². The number of nitrogens with zero attached hydrogens (tertiary/aromatic N) is 1. The van der Waals surface area contributed by atoms with Crippen LogP contribution in [-0.4, -0.2) is 45.0 Å². The number of unbranched alkanes of at least 4 members (excludes halogenated alkanes) is 1. The topological polar surface area (TPSA) is 101 Å². The summed E-state index contributed by atoms with van der Waals surface area (Å²) in [5.41, 5.74) is 1.17. The normalized spacial score (nSPS) is 13.4. The summed E-state index contributed by atoms with van der Waals surface area (Å²) in [6, 6.07) is 12.8. The van der Waals surface area contributed by atoms with Gasteiger partial charge in [-0.2, -0.15) is 0 Å². The Morgan fingerprint density at radius 1 is 1.03 bits per heavy atom. The number of carbonyl (C=O) groups excluding carboxylic acids is 1. The minimum absolute atomic E-state index is 0.0687. The predicted octanol–water partition coefficient (Wildman–Crippen LogP) is 4.65. The molecule has 2 unspecified atom stereocenters. The first kappa shape index (κ1) is 29.8. The van der Waals surface area contributed by atoms with E-state index in [1.54, 1.807) is 20.3 Å². The van der Waals surface area contributed by atoms with Gasteiger partial charge >= 0.3 is 0 Å². The molecule has 37 heavy (non-hydrogen) atoms. The minimum Gasteiger partial charge on any atom is -0.595 e. The van der Waals surface area contributed by atoms with Crippen LogP contribution in [0, 0.1) is 5.92 Å². The van der Waals surface area contributed by atoms with Crippen LogP contribution < -0.4 is 24.6 Å². The second-order valence-electron chi connectivity index (χ2n) is 9.81. The fourth-order valence-corrected chi connectivity index (χ4v) is 3.76. The van der Waals surface area contributed by atoms with Gasteiger partial charge in [0.05, 0.1) is 26.9 Å². The predicted molar refractivity (Wildman–Crippen MR) is 143 cm³/mol. The zero-order valence-electron chi connectivity index (χ0n) is 23.1. The molecule has 8 heteroatoms. The van der Waals surface area contributed by atoms with Crippen molar-refractivity contribution in [3.8, 4) is 17.2 Å². The molecule has 204 valence electrons. The highest BCUT2D eigenvalue weighted by Gasteiger charge is 2.24. The number of hydrogen-bond acceptors (Lipinski definition) is 7. The van der Waals surface area contributed by atoms with E-state index >= 15 is 0 Å². The van der Waals surface area contributed by atoms with Crippen LogP contribution in [0.3, 0.4) is 0 Å². The molecule has 0 saturated carbocycles. The van der Waals surface area contributed by atoms with Crippen molar-refractivity contribution in [3.05, 3.63) is 53.6 Å². The van der Waals surface area contributed by atoms with Gasteiger partial charge in [-0.15, -0.1) is 0 Å². The molecule has 0 saturated heterocycles. The van der Waals surface area contributed by atoms with Crippen molar-refractivity contribution in [2.75, 3.05) is 27.4 Å². The fraction of sp³-hybridized carbons (Fsp3) is 0.517. The largest absolute Gasteiger partial charge is 0.595 e. The highest BCUT2D eigenvalue weighted by molar-refractivity contribution is 5.79. The van der Waals surface area contributed by atoms with Crippen LogP contribution >= 0.6 is 0 Å². The maximum absolute atomic E-state index is 13.2. The van der Waals surface area contributed by atoms with Crippen molar-refractivity contribution in [3.63, 3.8) is 0 Å². The number of carbonyl (C=O) groups is 1. The summed E-state index contributed by atoms with van der Waals surface area (Å²) in [5, 5.41) is 14.9. The summed E-state index contributed by atoms with van der Waals surface area (Å²) in [6.45, 7) is 10.2. The molecule has 0 fully saturated rings. The van der Waals surface area contributed by atoms with E-state index in [9.17, 15) is 9.90 Å². The highest BCUT2D eigenvalue weighted by Crippen LogP contribution is 2.34. The van der Waals surface area contributed by atoms with Crippen LogP contribution in [0.5, 0.6) is 17.2 Å². The molecule has 0 heterocycles. The van der Waals surface area contributed by atoms with Gasteiger partial charge in [0.2, 0.25) is 5.91 Å². The van der Waals surface area contributed by atoms with Crippen molar-refractivity contribution >= 4 is 12.0 Å². The molecule has 2 rings (SSSR count). The van der Waals surface area contributed by atoms with Crippen LogP contribution in [-0.2, 0) is 9.53 Å². The number of aliphatic imine (C=N–C) groups is 1. The quantitative estimate of drug-likeness (QED) is 0.238. The number of hydrogen-bond donors (Lipinski definition) is 1. The van der Waals surface area contributed by atoms with E-state index in [-0.39, 0.29) is 11.8 Å². The molecule has 0 aliphatic carbocycles. The Balaban J connectivity index is 2.11. The number of methoxy groups -OCH3 is 2. The summed E-state index contributed by atoms with van der Waals surface area (Å²) in [7, 11) is 3.20. The summed E-state index contributed by atoms with van der Waals surface area (Å²) < 4.78 is 21.7. The molecule has 8 nitrogen and oxygen atoms in total. The van der Waals surface area contributed by atoms with Gasteiger partial charge in [0, 0.05) is 29.7 Å². The summed E-state index contributed by atoms with van der Waals surface area (Å²) in [6.07, 6.45) is 1.59. The van der Waals surface area contributed by atoms with Crippen molar-refractivity contribution in [2.45, 2.75) is 65.5 Å².